The van der Waals surface area contributed by atoms with Gasteiger partial charge in [-0.05, 0) is 19.9 Å². The highest BCUT2D eigenvalue weighted by molar-refractivity contribution is 5.89. The van der Waals surface area contributed by atoms with Crippen LogP contribution in [-0.4, -0.2) is 41.3 Å². The van der Waals surface area contributed by atoms with E-state index >= 15 is 0 Å². The van der Waals surface area contributed by atoms with Crippen LogP contribution < -0.4 is 10.2 Å². The summed E-state index contributed by atoms with van der Waals surface area (Å²) in [6, 6.07) is 5.42. The van der Waals surface area contributed by atoms with Gasteiger partial charge in [0.25, 0.3) is 6.43 Å². The Morgan fingerprint density at radius 3 is 2.58 bits per heavy atom. The van der Waals surface area contributed by atoms with E-state index in [0.29, 0.717) is 22.7 Å². The van der Waals surface area contributed by atoms with Gasteiger partial charge in [-0.25, -0.2) is 28.1 Å². The number of nitrogens with one attached hydrogen (secondary N) is 1. The summed E-state index contributed by atoms with van der Waals surface area (Å²) in [6.07, 6.45) is -1.08. The summed E-state index contributed by atoms with van der Waals surface area (Å²) in [5, 5.41) is 3.88. The van der Waals surface area contributed by atoms with Crippen LogP contribution in [0.2, 0.25) is 0 Å². The maximum Gasteiger partial charge on any atom is 0.266 e. The summed E-state index contributed by atoms with van der Waals surface area (Å²) in [5.41, 5.74) is 1.29. The number of nitrogens with zero attached hydrogens (tertiary/aromatic N) is 4. The largest absolute Gasteiger partial charge is 0.380 e. The minimum Gasteiger partial charge on any atom is -0.380 e. The molecule has 1 N–H and O–H groups in total. The van der Waals surface area contributed by atoms with Crippen molar-refractivity contribution in [2.24, 2.45) is 5.41 Å². The Hall–Kier alpha value is -2.94. The number of benzene rings is 1. The highest BCUT2D eigenvalue weighted by atomic mass is 19.3. The van der Waals surface area contributed by atoms with Crippen LogP contribution in [0.4, 0.5) is 24.7 Å². The van der Waals surface area contributed by atoms with Crippen molar-refractivity contribution in [3.8, 4) is 0 Å². The molecule has 9 heteroatoms. The molecule has 2 aliphatic rings. The van der Waals surface area contributed by atoms with Crippen molar-refractivity contribution in [1.29, 1.82) is 0 Å². The number of rotatable bonds is 5. The Labute approximate surface area is 177 Å². The zero-order chi connectivity index (χ0) is 21.8. The first-order chi connectivity index (χ1) is 14.8. The molecule has 3 aromatic rings. The van der Waals surface area contributed by atoms with Gasteiger partial charge in [-0.3, -0.25) is 0 Å². The molecule has 4 heterocycles. The lowest BCUT2D eigenvalue weighted by Gasteiger charge is -2.55. The molecule has 2 saturated heterocycles. The van der Waals surface area contributed by atoms with Crippen molar-refractivity contribution in [3.63, 3.8) is 0 Å². The van der Waals surface area contributed by atoms with Gasteiger partial charge in [0.05, 0.1) is 47.5 Å². The lowest BCUT2D eigenvalue weighted by Crippen LogP contribution is -2.66. The van der Waals surface area contributed by atoms with Gasteiger partial charge >= 0.3 is 0 Å². The molecule has 0 radical (unpaired) electrons. The molecule has 2 aromatic heterocycles. The molecule has 162 valence electrons. The van der Waals surface area contributed by atoms with Crippen molar-refractivity contribution in [1.82, 2.24) is 15.0 Å². The number of hydrogen-bond donors (Lipinski definition) is 1. The zero-order valence-electron chi connectivity index (χ0n) is 17.2. The van der Waals surface area contributed by atoms with Crippen LogP contribution in [0.1, 0.15) is 36.3 Å². The molecule has 6 nitrogen and oxygen atoms in total. The molecule has 0 bridgehead atoms. The molecule has 0 saturated carbocycles. The van der Waals surface area contributed by atoms with E-state index in [1.165, 1.54) is 12.1 Å². The van der Waals surface area contributed by atoms with Crippen LogP contribution in [-0.2, 0) is 4.74 Å². The van der Waals surface area contributed by atoms with E-state index in [4.69, 9.17) is 4.74 Å². The Balaban J connectivity index is 1.46. The number of anilines is 2. The Morgan fingerprint density at radius 1 is 1.16 bits per heavy atom. The first kappa shape index (κ1) is 20.0. The predicted octanol–water partition coefficient (Wildman–Crippen LogP) is 4.42. The Kier molecular flexibility index (Phi) is 4.73. The van der Waals surface area contributed by atoms with Gasteiger partial charge in [0, 0.05) is 18.7 Å². The summed E-state index contributed by atoms with van der Waals surface area (Å²) in [4.78, 5) is 15.6. The van der Waals surface area contributed by atoms with E-state index in [1.807, 2.05) is 6.07 Å². The van der Waals surface area contributed by atoms with Crippen molar-refractivity contribution < 1.29 is 17.9 Å². The third-order valence-electron chi connectivity index (χ3n) is 6.00. The molecule has 2 aliphatic heterocycles. The van der Waals surface area contributed by atoms with E-state index in [1.54, 1.807) is 20.0 Å². The second-order valence-corrected chi connectivity index (χ2v) is 8.45. The number of pyridine rings is 1. The van der Waals surface area contributed by atoms with E-state index in [9.17, 15) is 13.2 Å². The first-order valence-electron chi connectivity index (χ1n) is 10.2. The number of ether oxygens (including phenoxy) is 1. The number of hydrogen-bond acceptors (Lipinski definition) is 6. The average molecular weight is 429 g/mol. The molecule has 1 aromatic carbocycles. The topological polar surface area (TPSA) is 63.2 Å². The van der Waals surface area contributed by atoms with Gasteiger partial charge in [-0.1, -0.05) is 18.2 Å². The molecular weight excluding hydrogens is 407 g/mol. The summed E-state index contributed by atoms with van der Waals surface area (Å²) in [5.74, 6) is 0.104. The summed E-state index contributed by atoms with van der Waals surface area (Å²) < 4.78 is 46.2. The molecular formula is C22H22F3N5O. The van der Waals surface area contributed by atoms with Crippen LogP contribution in [0.15, 0.2) is 30.5 Å². The SMILES string of the molecule is Cc1nc(N[C@H](C)c2cccc(C(F)F)c2F)c2cc(N3CC4(COC4)C3)cnc2n1. The van der Waals surface area contributed by atoms with E-state index < -0.39 is 23.8 Å². The van der Waals surface area contributed by atoms with E-state index in [2.05, 4.69) is 25.2 Å². The van der Waals surface area contributed by atoms with E-state index in [-0.39, 0.29) is 11.0 Å². The van der Waals surface area contributed by atoms with Gasteiger partial charge in [0.15, 0.2) is 5.65 Å². The third kappa shape index (κ3) is 3.46. The Bertz CT molecular complexity index is 1140. The van der Waals surface area contributed by atoms with Gasteiger partial charge in [-0.2, -0.15) is 0 Å². The van der Waals surface area contributed by atoms with Crippen molar-refractivity contribution in [2.45, 2.75) is 26.3 Å². The zero-order valence-corrected chi connectivity index (χ0v) is 17.2. The lowest BCUT2D eigenvalue weighted by molar-refractivity contribution is -0.127. The van der Waals surface area contributed by atoms with E-state index in [0.717, 1.165) is 38.1 Å². The van der Waals surface area contributed by atoms with Crippen molar-refractivity contribution in [3.05, 3.63) is 53.2 Å². The molecule has 0 unspecified atom stereocenters. The number of fused-ring (bicyclic) bond motifs is 1. The van der Waals surface area contributed by atoms with Gasteiger partial charge in [0.1, 0.15) is 17.5 Å². The highest BCUT2D eigenvalue weighted by Crippen LogP contribution is 2.41. The molecule has 31 heavy (non-hydrogen) atoms. The summed E-state index contributed by atoms with van der Waals surface area (Å²) in [7, 11) is 0. The molecule has 0 aliphatic carbocycles. The van der Waals surface area contributed by atoms with Gasteiger partial charge in [0.2, 0.25) is 0 Å². The fourth-order valence-electron chi connectivity index (χ4n) is 4.27. The first-order valence-corrected chi connectivity index (χ1v) is 10.2. The maximum absolute atomic E-state index is 14.6. The van der Waals surface area contributed by atoms with Crippen LogP contribution in [0.25, 0.3) is 11.0 Å². The Morgan fingerprint density at radius 2 is 1.90 bits per heavy atom. The minimum absolute atomic E-state index is 0.154. The van der Waals surface area contributed by atoms with Crippen molar-refractivity contribution in [2.75, 3.05) is 36.5 Å². The smallest absolute Gasteiger partial charge is 0.266 e. The van der Waals surface area contributed by atoms with Crippen LogP contribution in [0.3, 0.4) is 0 Å². The summed E-state index contributed by atoms with van der Waals surface area (Å²) in [6.45, 7) is 6.87. The quantitative estimate of drug-likeness (QED) is 0.648. The second-order valence-electron chi connectivity index (χ2n) is 8.45. The van der Waals surface area contributed by atoms with Crippen molar-refractivity contribution >= 4 is 22.5 Å². The van der Waals surface area contributed by atoms with Crippen LogP contribution in [0.5, 0.6) is 0 Å². The molecule has 1 atom stereocenters. The standard InChI is InChI=1S/C22H22F3N5O/c1-12(15-4-3-5-16(18(15)23)19(24)25)27-21-17-6-14(7-26-20(17)28-13(2)29-21)30-8-22(9-30)10-31-11-22/h3-7,12,19H,8-11H2,1-2H3,(H,26,27,28,29)/t12-/m1/s1. The fourth-order valence-corrected chi connectivity index (χ4v) is 4.27. The van der Waals surface area contributed by atoms with Gasteiger partial charge in [-0.15, -0.1) is 0 Å². The number of halogens is 3. The predicted molar refractivity (Wildman–Crippen MR) is 111 cm³/mol. The average Bonchev–Trinajstić information content (AvgIpc) is 2.65. The lowest BCUT2D eigenvalue weighted by atomic mass is 9.78. The molecule has 1 spiro atoms. The fraction of sp³-hybridized carbons (Fsp3) is 0.409. The van der Waals surface area contributed by atoms with Gasteiger partial charge < -0.3 is 15.0 Å². The maximum atomic E-state index is 14.6. The number of aromatic nitrogens is 3. The molecule has 5 rings (SSSR count). The van der Waals surface area contributed by atoms with Crippen LogP contribution >= 0.6 is 0 Å². The molecule has 0 amide bonds. The monoisotopic (exact) mass is 429 g/mol. The third-order valence-corrected chi connectivity index (χ3v) is 6.00. The second kappa shape index (κ2) is 7.33. The summed E-state index contributed by atoms with van der Waals surface area (Å²) >= 11 is 0. The molecule has 2 fully saturated rings. The number of alkyl halides is 2. The number of aryl methyl sites for hydroxylation is 1. The normalized spacial score (nSPS) is 18.2. The van der Waals surface area contributed by atoms with Crippen LogP contribution in [0, 0.1) is 18.2 Å². The highest BCUT2D eigenvalue weighted by Gasteiger charge is 2.49. The minimum atomic E-state index is -2.87.